The van der Waals surface area contributed by atoms with Gasteiger partial charge in [-0.2, -0.15) is 0 Å². The van der Waals surface area contributed by atoms with E-state index in [0.29, 0.717) is 17.4 Å². The van der Waals surface area contributed by atoms with Crippen LogP contribution in [-0.2, 0) is 6.42 Å². The van der Waals surface area contributed by atoms with Crippen molar-refractivity contribution in [2.24, 2.45) is 0 Å². The van der Waals surface area contributed by atoms with Crippen LogP contribution in [0.4, 0.5) is 13.2 Å². The van der Waals surface area contributed by atoms with Crippen molar-refractivity contribution in [3.8, 4) is 0 Å². The van der Waals surface area contributed by atoms with E-state index in [0.717, 1.165) is 6.42 Å². The van der Waals surface area contributed by atoms with E-state index >= 15 is 0 Å². The summed E-state index contributed by atoms with van der Waals surface area (Å²) in [6.07, 6.45) is 1.54. The molecule has 0 aliphatic heterocycles. The van der Waals surface area contributed by atoms with Gasteiger partial charge in [-0.25, -0.2) is 13.2 Å². The van der Waals surface area contributed by atoms with Crippen LogP contribution in [0.1, 0.15) is 25.3 Å². The van der Waals surface area contributed by atoms with Gasteiger partial charge in [0.2, 0.25) is 0 Å². The predicted molar refractivity (Wildman–Crippen MR) is 72.2 cm³/mol. The number of halogens is 3. The highest BCUT2D eigenvalue weighted by Gasteiger charge is 2.24. The Morgan fingerprint density at radius 3 is 2.50 bits per heavy atom. The number of furan rings is 1. The molecule has 0 saturated heterocycles. The molecule has 0 bridgehead atoms. The molecule has 1 aromatic heterocycles. The third-order valence-electron chi connectivity index (χ3n) is 3.52. The maximum absolute atomic E-state index is 14.4. The van der Waals surface area contributed by atoms with Gasteiger partial charge in [-0.3, -0.25) is 0 Å². The molecule has 0 aliphatic carbocycles. The number of benzene rings is 2. The Bertz CT molecular complexity index is 789. The number of hydrogen-bond donors (Lipinski definition) is 0. The molecule has 0 unspecified atom stereocenters. The number of hydrogen-bond acceptors (Lipinski definition) is 1. The van der Waals surface area contributed by atoms with Crippen molar-refractivity contribution in [1.29, 1.82) is 0 Å². The lowest BCUT2D eigenvalue weighted by atomic mass is 10.0. The molecule has 0 atom stereocenters. The molecule has 0 aliphatic rings. The van der Waals surface area contributed by atoms with E-state index in [1.54, 1.807) is 24.3 Å². The van der Waals surface area contributed by atoms with Crippen molar-refractivity contribution in [3.63, 3.8) is 0 Å². The smallest absolute Gasteiger partial charge is 0.174 e. The lowest BCUT2D eigenvalue weighted by molar-refractivity contribution is 0.480. The van der Waals surface area contributed by atoms with E-state index in [9.17, 15) is 13.2 Å². The molecule has 1 heterocycles. The minimum Gasteiger partial charge on any atom is -0.453 e. The Kier molecular flexibility index (Phi) is 3.16. The molecule has 3 rings (SSSR count). The minimum atomic E-state index is -1.10. The fraction of sp³-hybridized carbons (Fsp3) is 0.250. The van der Waals surface area contributed by atoms with Gasteiger partial charge in [-0.1, -0.05) is 31.5 Å². The second-order valence-corrected chi connectivity index (χ2v) is 4.83. The Balaban J connectivity index is 2.38. The highest BCUT2D eigenvalue weighted by molar-refractivity contribution is 6.05. The summed E-state index contributed by atoms with van der Waals surface area (Å²) in [4.78, 5) is 0. The summed E-state index contributed by atoms with van der Waals surface area (Å²) in [5.74, 6) is -2.92. The second-order valence-electron chi connectivity index (χ2n) is 4.83. The molecule has 3 aromatic rings. The van der Waals surface area contributed by atoms with Crippen LogP contribution in [0.15, 0.2) is 28.7 Å². The molecule has 4 heteroatoms. The van der Waals surface area contributed by atoms with E-state index in [1.807, 2.05) is 6.92 Å². The normalized spacial score (nSPS) is 11.6. The van der Waals surface area contributed by atoms with E-state index in [1.165, 1.54) is 0 Å². The number of rotatable bonds is 3. The summed E-state index contributed by atoms with van der Waals surface area (Å²) >= 11 is 0. The first-order chi connectivity index (χ1) is 9.65. The van der Waals surface area contributed by atoms with Gasteiger partial charge in [0.25, 0.3) is 0 Å². The molecule has 20 heavy (non-hydrogen) atoms. The molecule has 2 aromatic carbocycles. The van der Waals surface area contributed by atoms with Crippen molar-refractivity contribution in [3.05, 3.63) is 47.3 Å². The summed E-state index contributed by atoms with van der Waals surface area (Å²) in [6.45, 7) is 1.91. The highest BCUT2D eigenvalue weighted by Crippen LogP contribution is 2.35. The maximum atomic E-state index is 14.4. The van der Waals surface area contributed by atoms with Gasteiger partial charge in [-0.15, -0.1) is 0 Å². The first-order valence-corrected chi connectivity index (χ1v) is 6.61. The van der Waals surface area contributed by atoms with Gasteiger partial charge >= 0.3 is 0 Å². The Morgan fingerprint density at radius 1 is 1.00 bits per heavy atom. The predicted octanol–water partition coefficient (Wildman–Crippen LogP) is 5.35. The zero-order chi connectivity index (χ0) is 14.3. The number of unbranched alkanes of at least 4 members (excludes halogenated alkanes) is 1. The Labute approximate surface area is 114 Å². The first kappa shape index (κ1) is 13.0. The van der Waals surface area contributed by atoms with Crippen LogP contribution in [0.2, 0.25) is 0 Å². The topological polar surface area (TPSA) is 13.1 Å². The van der Waals surface area contributed by atoms with Gasteiger partial charge in [0.1, 0.15) is 5.58 Å². The summed E-state index contributed by atoms with van der Waals surface area (Å²) < 4.78 is 48.0. The molecule has 0 spiro atoms. The van der Waals surface area contributed by atoms with E-state index < -0.39 is 17.5 Å². The SMILES string of the molecule is CCCCc1c(F)c(F)c2c(oc3ccccc32)c1F. The van der Waals surface area contributed by atoms with Gasteiger partial charge in [-0.05, 0) is 18.9 Å². The molecule has 104 valence electrons. The van der Waals surface area contributed by atoms with Crippen LogP contribution < -0.4 is 0 Å². The van der Waals surface area contributed by atoms with Crippen molar-refractivity contribution in [2.75, 3.05) is 0 Å². The van der Waals surface area contributed by atoms with E-state index in [4.69, 9.17) is 4.42 Å². The second kappa shape index (κ2) is 4.85. The zero-order valence-electron chi connectivity index (χ0n) is 11.0. The number of para-hydroxylation sites is 1. The van der Waals surface area contributed by atoms with E-state index in [-0.39, 0.29) is 23.0 Å². The lowest BCUT2D eigenvalue weighted by Crippen LogP contribution is -2.00. The van der Waals surface area contributed by atoms with Crippen molar-refractivity contribution in [1.82, 2.24) is 0 Å². The zero-order valence-corrected chi connectivity index (χ0v) is 11.0. The van der Waals surface area contributed by atoms with Gasteiger partial charge in [0.05, 0.1) is 5.39 Å². The molecule has 0 amide bonds. The lowest BCUT2D eigenvalue weighted by Gasteiger charge is -2.06. The van der Waals surface area contributed by atoms with Crippen LogP contribution in [-0.4, -0.2) is 0 Å². The molecule has 0 N–H and O–H groups in total. The van der Waals surface area contributed by atoms with Crippen molar-refractivity contribution in [2.45, 2.75) is 26.2 Å². The molecular weight excluding hydrogens is 265 g/mol. The van der Waals surface area contributed by atoms with Crippen LogP contribution in [0.5, 0.6) is 0 Å². The average molecular weight is 278 g/mol. The largest absolute Gasteiger partial charge is 0.453 e. The van der Waals surface area contributed by atoms with Gasteiger partial charge in [0, 0.05) is 10.9 Å². The standard InChI is InChI=1S/C16H13F3O/c1-2-3-6-10-13(17)15(19)12-9-7-4-5-8-11(9)20-16(12)14(10)18/h4-5,7-8H,2-3,6H2,1H3. The van der Waals surface area contributed by atoms with Crippen LogP contribution in [0.25, 0.3) is 21.9 Å². The summed E-state index contributed by atoms with van der Waals surface area (Å²) in [7, 11) is 0. The Morgan fingerprint density at radius 2 is 1.75 bits per heavy atom. The molecule has 0 radical (unpaired) electrons. The fourth-order valence-electron chi connectivity index (χ4n) is 2.47. The minimum absolute atomic E-state index is 0.115. The number of fused-ring (bicyclic) bond motifs is 3. The molecule has 0 saturated carbocycles. The Hall–Kier alpha value is -1.97. The van der Waals surface area contributed by atoms with Crippen molar-refractivity contribution >= 4 is 21.9 Å². The van der Waals surface area contributed by atoms with Crippen LogP contribution >= 0.6 is 0 Å². The summed E-state index contributed by atoms with van der Waals surface area (Å²) in [6, 6.07) is 6.58. The van der Waals surface area contributed by atoms with Crippen LogP contribution in [0, 0.1) is 17.5 Å². The first-order valence-electron chi connectivity index (χ1n) is 6.61. The van der Waals surface area contributed by atoms with Gasteiger partial charge < -0.3 is 4.42 Å². The quantitative estimate of drug-likeness (QED) is 0.589. The summed E-state index contributed by atoms with van der Waals surface area (Å²) in [5, 5.41) is 0.274. The third-order valence-corrected chi connectivity index (χ3v) is 3.52. The monoisotopic (exact) mass is 278 g/mol. The molecular formula is C16H13F3O. The average Bonchev–Trinajstić information content (AvgIpc) is 2.85. The van der Waals surface area contributed by atoms with Gasteiger partial charge in [0.15, 0.2) is 23.0 Å². The molecule has 1 nitrogen and oxygen atoms in total. The van der Waals surface area contributed by atoms with Crippen molar-refractivity contribution < 1.29 is 17.6 Å². The fourth-order valence-corrected chi connectivity index (χ4v) is 2.47. The van der Waals surface area contributed by atoms with Crippen LogP contribution in [0.3, 0.4) is 0 Å². The van der Waals surface area contributed by atoms with E-state index in [2.05, 4.69) is 0 Å². The maximum Gasteiger partial charge on any atom is 0.174 e. The molecule has 0 fully saturated rings. The highest BCUT2D eigenvalue weighted by atomic mass is 19.2. The third kappa shape index (κ3) is 1.79. The summed E-state index contributed by atoms with van der Waals surface area (Å²) in [5.41, 5.74) is -0.0700.